The molecule has 0 spiro atoms. The van der Waals surface area contributed by atoms with Gasteiger partial charge in [0, 0.05) is 12.8 Å². The summed E-state index contributed by atoms with van der Waals surface area (Å²) in [7, 11) is 0. The van der Waals surface area contributed by atoms with E-state index >= 15 is 0 Å². The Labute approximate surface area is 177 Å². The van der Waals surface area contributed by atoms with E-state index in [4.69, 9.17) is 9.47 Å². The fraction of sp³-hybridized carbons (Fsp3) is 0.680. The molecule has 0 radical (unpaired) electrons. The first kappa shape index (κ1) is 25.2. The number of hydrogen-bond acceptors (Lipinski definition) is 4. The molecule has 4 heteroatoms. The Bertz CT molecular complexity index is 561. The van der Waals surface area contributed by atoms with Crippen LogP contribution in [0.25, 0.3) is 0 Å². The van der Waals surface area contributed by atoms with Gasteiger partial charge >= 0.3 is 11.9 Å². The Kier molecular flexibility index (Phi) is 13.9. The summed E-state index contributed by atoms with van der Waals surface area (Å²) in [6.45, 7) is 6.66. The summed E-state index contributed by atoms with van der Waals surface area (Å²) in [5.74, 6) is 1.42. The van der Waals surface area contributed by atoms with Crippen molar-refractivity contribution in [3.05, 3.63) is 24.3 Å². The maximum Gasteiger partial charge on any atom is 0.311 e. The van der Waals surface area contributed by atoms with Gasteiger partial charge in [-0.05, 0) is 43.0 Å². The second kappa shape index (κ2) is 16.0. The topological polar surface area (TPSA) is 52.6 Å². The lowest BCUT2D eigenvalue weighted by molar-refractivity contribution is -0.135. The molecule has 1 aromatic carbocycles. The quantitative estimate of drug-likeness (QED) is 0.165. The molecule has 0 fully saturated rings. The monoisotopic (exact) mass is 404 g/mol. The minimum absolute atomic E-state index is 0.203. The zero-order valence-electron chi connectivity index (χ0n) is 18.7. The molecule has 1 aromatic rings. The first-order valence-electron chi connectivity index (χ1n) is 11.6. The van der Waals surface area contributed by atoms with Gasteiger partial charge in [0.15, 0.2) is 0 Å². The zero-order chi connectivity index (χ0) is 21.3. The third kappa shape index (κ3) is 12.4. The number of carbonyl (C=O) groups excluding carboxylic acids is 2. The van der Waals surface area contributed by atoms with Crippen LogP contribution in [0.15, 0.2) is 24.3 Å². The average molecular weight is 405 g/mol. The molecule has 0 aliphatic heterocycles. The van der Waals surface area contributed by atoms with Crippen molar-refractivity contribution in [3.8, 4) is 11.5 Å². The van der Waals surface area contributed by atoms with E-state index in [1.165, 1.54) is 32.1 Å². The predicted octanol–water partition coefficient (Wildman–Crippen LogP) is 7.24. The predicted molar refractivity (Wildman–Crippen MR) is 118 cm³/mol. The highest BCUT2D eigenvalue weighted by Crippen LogP contribution is 2.20. The molecule has 0 unspecified atom stereocenters. The molecule has 0 bridgehead atoms. The minimum atomic E-state index is -0.213. The number of unbranched alkanes of at least 4 members (excludes halogenated alkanes) is 6. The van der Waals surface area contributed by atoms with E-state index in [0.717, 1.165) is 44.4 Å². The van der Waals surface area contributed by atoms with Gasteiger partial charge in [-0.25, -0.2) is 0 Å². The summed E-state index contributed by atoms with van der Waals surface area (Å²) in [6, 6.07) is 6.69. The van der Waals surface area contributed by atoms with Crippen LogP contribution in [0.1, 0.15) is 104 Å². The van der Waals surface area contributed by atoms with Crippen LogP contribution in [0.3, 0.4) is 0 Å². The van der Waals surface area contributed by atoms with E-state index < -0.39 is 0 Å². The summed E-state index contributed by atoms with van der Waals surface area (Å²) in [5.41, 5.74) is 0. The molecule has 29 heavy (non-hydrogen) atoms. The summed E-state index contributed by atoms with van der Waals surface area (Å²) in [5, 5.41) is 0. The van der Waals surface area contributed by atoms with E-state index in [1.807, 2.05) is 0 Å². The second-order valence-electron chi connectivity index (χ2n) is 7.87. The molecule has 164 valence electrons. The zero-order valence-corrected chi connectivity index (χ0v) is 18.7. The fourth-order valence-electron chi connectivity index (χ4n) is 3.39. The Morgan fingerprint density at radius 3 is 1.59 bits per heavy atom. The van der Waals surface area contributed by atoms with Gasteiger partial charge in [-0.3, -0.25) is 9.59 Å². The highest BCUT2D eigenvalue weighted by atomic mass is 16.5. The van der Waals surface area contributed by atoms with Gasteiger partial charge < -0.3 is 9.47 Å². The van der Waals surface area contributed by atoms with Crippen molar-refractivity contribution in [2.75, 3.05) is 0 Å². The highest BCUT2D eigenvalue weighted by Gasteiger charge is 2.08. The number of rotatable bonds is 16. The molecule has 0 amide bonds. The van der Waals surface area contributed by atoms with Crippen LogP contribution in [0.2, 0.25) is 0 Å². The fourth-order valence-corrected chi connectivity index (χ4v) is 3.39. The molecular weight excluding hydrogens is 364 g/mol. The molecule has 0 saturated heterocycles. The van der Waals surface area contributed by atoms with E-state index in [1.54, 1.807) is 24.3 Å². The minimum Gasteiger partial charge on any atom is -0.427 e. The molecule has 0 aromatic heterocycles. The summed E-state index contributed by atoms with van der Waals surface area (Å²) < 4.78 is 10.7. The van der Waals surface area contributed by atoms with E-state index in [-0.39, 0.29) is 11.9 Å². The lowest BCUT2D eigenvalue weighted by atomic mass is 9.96. The smallest absolute Gasteiger partial charge is 0.311 e. The van der Waals surface area contributed by atoms with Crippen LogP contribution in [0, 0.1) is 5.92 Å². The molecule has 0 atom stereocenters. The van der Waals surface area contributed by atoms with Crippen molar-refractivity contribution in [1.29, 1.82) is 0 Å². The first-order chi connectivity index (χ1) is 14.1. The van der Waals surface area contributed by atoms with Crippen molar-refractivity contribution in [2.24, 2.45) is 5.92 Å². The van der Waals surface area contributed by atoms with Gasteiger partial charge in [0.1, 0.15) is 11.5 Å². The normalized spacial score (nSPS) is 10.9. The van der Waals surface area contributed by atoms with Gasteiger partial charge in [0.05, 0.1) is 0 Å². The van der Waals surface area contributed by atoms with Gasteiger partial charge in [-0.15, -0.1) is 0 Å². The lowest BCUT2D eigenvalue weighted by Gasteiger charge is -2.11. The molecule has 0 aliphatic rings. The molecule has 4 nitrogen and oxygen atoms in total. The van der Waals surface area contributed by atoms with Crippen LogP contribution in [-0.2, 0) is 9.59 Å². The van der Waals surface area contributed by atoms with E-state index in [9.17, 15) is 9.59 Å². The largest absolute Gasteiger partial charge is 0.427 e. The van der Waals surface area contributed by atoms with Gasteiger partial charge in [-0.1, -0.05) is 78.6 Å². The number of carbonyl (C=O) groups is 2. The highest BCUT2D eigenvalue weighted by molar-refractivity contribution is 5.73. The Hall–Kier alpha value is -1.84. The SMILES string of the molecule is CCCCCCC(=O)Oc1ccc(OC(=O)CCCCCCC(CC)CC)cc1. The summed E-state index contributed by atoms with van der Waals surface area (Å²) >= 11 is 0. The molecular formula is C25H40O4. The maximum absolute atomic E-state index is 12.0. The molecule has 0 saturated carbocycles. The van der Waals surface area contributed by atoms with E-state index in [0.29, 0.717) is 24.3 Å². The van der Waals surface area contributed by atoms with Crippen molar-refractivity contribution >= 4 is 11.9 Å². The molecule has 0 heterocycles. The van der Waals surface area contributed by atoms with Gasteiger partial charge in [0.2, 0.25) is 0 Å². The number of benzene rings is 1. The lowest BCUT2D eigenvalue weighted by Crippen LogP contribution is -2.09. The van der Waals surface area contributed by atoms with Crippen molar-refractivity contribution in [2.45, 2.75) is 104 Å². The summed E-state index contributed by atoms with van der Waals surface area (Å²) in [4.78, 5) is 23.8. The van der Waals surface area contributed by atoms with Crippen LogP contribution in [0.4, 0.5) is 0 Å². The van der Waals surface area contributed by atoms with Crippen LogP contribution in [-0.4, -0.2) is 11.9 Å². The third-order valence-electron chi connectivity index (χ3n) is 5.42. The number of ether oxygens (including phenoxy) is 2. The average Bonchev–Trinajstić information content (AvgIpc) is 2.72. The van der Waals surface area contributed by atoms with Gasteiger partial charge in [0.25, 0.3) is 0 Å². The maximum atomic E-state index is 12.0. The molecule has 0 N–H and O–H groups in total. The van der Waals surface area contributed by atoms with Crippen LogP contribution >= 0.6 is 0 Å². The first-order valence-corrected chi connectivity index (χ1v) is 11.6. The third-order valence-corrected chi connectivity index (χ3v) is 5.42. The van der Waals surface area contributed by atoms with Gasteiger partial charge in [-0.2, -0.15) is 0 Å². The molecule has 0 aliphatic carbocycles. The number of esters is 2. The van der Waals surface area contributed by atoms with Crippen molar-refractivity contribution in [1.82, 2.24) is 0 Å². The number of hydrogen-bond donors (Lipinski definition) is 0. The standard InChI is InChI=1S/C25H40O4/c1-4-7-8-12-15-24(26)28-22-17-19-23(20-18-22)29-25(27)16-13-10-9-11-14-21(5-2)6-3/h17-21H,4-16H2,1-3H3. The Morgan fingerprint density at radius 1 is 0.690 bits per heavy atom. The van der Waals surface area contributed by atoms with Crippen LogP contribution in [0.5, 0.6) is 11.5 Å². The van der Waals surface area contributed by atoms with E-state index in [2.05, 4.69) is 20.8 Å². The molecule has 1 rings (SSSR count). The van der Waals surface area contributed by atoms with Crippen molar-refractivity contribution < 1.29 is 19.1 Å². The Morgan fingerprint density at radius 2 is 1.14 bits per heavy atom. The van der Waals surface area contributed by atoms with Crippen molar-refractivity contribution in [3.63, 3.8) is 0 Å². The van der Waals surface area contributed by atoms with Crippen LogP contribution < -0.4 is 9.47 Å². The second-order valence-corrected chi connectivity index (χ2v) is 7.87. The Balaban J connectivity index is 2.19. The summed E-state index contributed by atoms with van der Waals surface area (Å²) in [6.07, 6.45) is 13.3.